The highest BCUT2D eigenvalue weighted by Gasteiger charge is 2.28. The number of H-pyrrole nitrogens is 1. The maximum atomic E-state index is 15.2. The monoisotopic (exact) mass is 570 g/mol. The molecule has 0 saturated heterocycles. The van der Waals surface area contributed by atoms with Gasteiger partial charge in [-0.15, -0.1) is 0 Å². The topological polar surface area (TPSA) is 129 Å². The summed E-state index contributed by atoms with van der Waals surface area (Å²) in [6, 6.07) is 10.8. The van der Waals surface area contributed by atoms with Gasteiger partial charge in [0.2, 0.25) is 5.43 Å². The van der Waals surface area contributed by atoms with Crippen molar-refractivity contribution in [3.05, 3.63) is 87.4 Å². The number of ether oxygens (including phenoxy) is 3. The summed E-state index contributed by atoms with van der Waals surface area (Å²) in [4.78, 5) is 38.5. The number of pyridine rings is 3. The molecule has 0 aliphatic heterocycles. The summed E-state index contributed by atoms with van der Waals surface area (Å²) in [6.45, 7) is 3.40. The predicted octanol–water partition coefficient (Wildman–Crippen LogP) is 6.27. The van der Waals surface area contributed by atoms with Crippen molar-refractivity contribution in [1.29, 1.82) is 0 Å². The van der Waals surface area contributed by atoms with Crippen molar-refractivity contribution in [1.82, 2.24) is 15.0 Å². The third kappa shape index (κ3) is 4.93. The third-order valence-corrected chi connectivity index (χ3v) is 7.09. The van der Waals surface area contributed by atoms with Crippen LogP contribution >= 0.6 is 0 Å². The first-order valence-electron chi connectivity index (χ1n) is 13.3. The number of furan rings is 1. The van der Waals surface area contributed by atoms with Gasteiger partial charge in [-0.05, 0) is 51.0 Å². The van der Waals surface area contributed by atoms with E-state index >= 15 is 4.39 Å². The van der Waals surface area contributed by atoms with Crippen LogP contribution in [0.5, 0.6) is 23.1 Å². The number of hydrogen-bond acceptors (Lipinski definition) is 8. The molecule has 1 fully saturated rings. The highest BCUT2D eigenvalue weighted by molar-refractivity contribution is 6.05. The average molecular weight is 571 g/mol. The van der Waals surface area contributed by atoms with E-state index < -0.39 is 17.2 Å². The van der Waals surface area contributed by atoms with Gasteiger partial charge < -0.3 is 28.9 Å². The Morgan fingerprint density at radius 1 is 1.02 bits per heavy atom. The SMILES string of the molecule is COc1cc2nccc(Oc3ccc(NC(=O)c4c(C)[nH]c(C)c(-c5ccc(C6CC6)o5)c4=O)cc3F)c2nc1OC. The maximum Gasteiger partial charge on any atom is 0.261 e. The van der Waals surface area contributed by atoms with Crippen molar-refractivity contribution in [3.8, 4) is 34.5 Å². The molecule has 4 heterocycles. The number of halogens is 1. The minimum absolute atomic E-state index is 0.0839. The first-order valence-corrected chi connectivity index (χ1v) is 13.3. The van der Waals surface area contributed by atoms with Gasteiger partial charge in [0.15, 0.2) is 23.1 Å². The van der Waals surface area contributed by atoms with Crippen LogP contribution < -0.4 is 25.0 Å². The number of hydrogen-bond donors (Lipinski definition) is 2. The highest BCUT2D eigenvalue weighted by atomic mass is 19.1. The van der Waals surface area contributed by atoms with Crippen molar-refractivity contribution < 1.29 is 27.8 Å². The van der Waals surface area contributed by atoms with Gasteiger partial charge >= 0.3 is 0 Å². The Bertz CT molecular complexity index is 1910. The second kappa shape index (κ2) is 10.7. The molecule has 2 N–H and O–H groups in total. The molecular weight excluding hydrogens is 543 g/mol. The van der Waals surface area contributed by atoms with Gasteiger partial charge in [-0.3, -0.25) is 14.6 Å². The van der Waals surface area contributed by atoms with Gasteiger partial charge in [-0.2, -0.15) is 0 Å². The molecule has 5 aromatic rings. The van der Waals surface area contributed by atoms with Crippen LogP contribution in [0, 0.1) is 19.7 Å². The lowest BCUT2D eigenvalue weighted by Crippen LogP contribution is -2.26. The molecule has 6 rings (SSSR count). The molecule has 0 radical (unpaired) electrons. The van der Waals surface area contributed by atoms with E-state index in [1.807, 2.05) is 6.07 Å². The van der Waals surface area contributed by atoms with Crippen LogP contribution in [0.4, 0.5) is 10.1 Å². The van der Waals surface area contributed by atoms with E-state index in [1.54, 1.807) is 32.0 Å². The normalized spacial score (nSPS) is 12.8. The average Bonchev–Trinajstić information content (AvgIpc) is 3.71. The van der Waals surface area contributed by atoms with E-state index in [2.05, 4.69) is 20.3 Å². The van der Waals surface area contributed by atoms with Gasteiger partial charge in [-0.25, -0.2) is 9.37 Å². The number of aromatic nitrogens is 3. The van der Waals surface area contributed by atoms with Crippen molar-refractivity contribution in [3.63, 3.8) is 0 Å². The first-order chi connectivity index (χ1) is 20.3. The molecule has 0 bridgehead atoms. The number of aromatic amines is 1. The minimum atomic E-state index is -0.739. The molecular formula is C31H27FN4O6. The van der Waals surface area contributed by atoms with E-state index in [4.69, 9.17) is 18.6 Å². The van der Waals surface area contributed by atoms with Gasteiger partial charge in [0.1, 0.15) is 22.6 Å². The van der Waals surface area contributed by atoms with Gasteiger partial charge in [0.25, 0.3) is 11.8 Å². The fourth-order valence-electron chi connectivity index (χ4n) is 4.88. The summed E-state index contributed by atoms with van der Waals surface area (Å²) < 4.78 is 37.5. The summed E-state index contributed by atoms with van der Waals surface area (Å²) in [6.07, 6.45) is 3.62. The Kier molecular flexibility index (Phi) is 6.85. The van der Waals surface area contributed by atoms with E-state index in [0.717, 1.165) is 24.7 Å². The quantitative estimate of drug-likeness (QED) is 0.223. The fraction of sp³-hybridized carbons (Fsp3) is 0.226. The Labute approximate surface area is 239 Å². The van der Waals surface area contributed by atoms with E-state index in [-0.39, 0.29) is 28.6 Å². The predicted molar refractivity (Wildman–Crippen MR) is 153 cm³/mol. The number of nitrogens with zero attached hydrogens (tertiary/aromatic N) is 2. The zero-order valence-corrected chi connectivity index (χ0v) is 23.3. The van der Waals surface area contributed by atoms with Gasteiger partial charge in [0.05, 0.1) is 25.3 Å². The molecule has 42 heavy (non-hydrogen) atoms. The van der Waals surface area contributed by atoms with Crippen LogP contribution in [0.3, 0.4) is 0 Å². The second-order valence-corrected chi connectivity index (χ2v) is 10.0. The largest absolute Gasteiger partial charge is 0.491 e. The molecule has 10 nitrogen and oxygen atoms in total. The lowest BCUT2D eigenvalue weighted by Gasteiger charge is -2.13. The summed E-state index contributed by atoms with van der Waals surface area (Å²) >= 11 is 0. The van der Waals surface area contributed by atoms with Gasteiger partial charge in [0, 0.05) is 47.4 Å². The van der Waals surface area contributed by atoms with Crippen LogP contribution in [-0.4, -0.2) is 35.1 Å². The molecule has 0 atom stereocenters. The Hall–Kier alpha value is -5.19. The van der Waals surface area contributed by atoms with Crippen molar-refractivity contribution in [2.75, 3.05) is 19.5 Å². The number of fused-ring (bicyclic) bond motifs is 1. The number of aryl methyl sites for hydroxylation is 2. The maximum absolute atomic E-state index is 15.2. The smallest absolute Gasteiger partial charge is 0.261 e. The van der Waals surface area contributed by atoms with Crippen LogP contribution in [0.1, 0.15) is 46.3 Å². The summed E-state index contributed by atoms with van der Waals surface area (Å²) in [5, 5.41) is 2.62. The summed E-state index contributed by atoms with van der Waals surface area (Å²) in [5.74, 6) is 0.965. The Morgan fingerprint density at radius 2 is 1.83 bits per heavy atom. The molecule has 1 aromatic carbocycles. The summed E-state index contributed by atoms with van der Waals surface area (Å²) in [7, 11) is 2.94. The number of rotatable bonds is 8. The van der Waals surface area contributed by atoms with Crippen LogP contribution in [-0.2, 0) is 0 Å². The van der Waals surface area contributed by atoms with Crippen molar-refractivity contribution >= 4 is 22.6 Å². The fourth-order valence-corrected chi connectivity index (χ4v) is 4.88. The van der Waals surface area contributed by atoms with Crippen LogP contribution in [0.15, 0.2) is 57.9 Å². The number of anilines is 1. The molecule has 1 aliphatic carbocycles. The molecule has 4 aromatic heterocycles. The second-order valence-electron chi connectivity index (χ2n) is 10.0. The third-order valence-electron chi connectivity index (χ3n) is 7.09. The number of carbonyl (C=O) groups is 1. The molecule has 214 valence electrons. The van der Waals surface area contributed by atoms with Crippen LogP contribution in [0.2, 0.25) is 0 Å². The molecule has 11 heteroatoms. The number of methoxy groups -OCH3 is 2. The molecule has 0 unspecified atom stereocenters. The van der Waals surface area contributed by atoms with E-state index in [1.165, 1.54) is 32.5 Å². The van der Waals surface area contributed by atoms with Crippen LogP contribution in [0.25, 0.3) is 22.4 Å². The number of amides is 1. The Balaban J connectivity index is 1.26. The molecule has 0 spiro atoms. The van der Waals surface area contributed by atoms with Crippen molar-refractivity contribution in [2.24, 2.45) is 0 Å². The lowest BCUT2D eigenvalue weighted by atomic mass is 10.0. The van der Waals surface area contributed by atoms with E-state index in [9.17, 15) is 9.59 Å². The lowest BCUT2D eigenvalue weighted by molar-refractivity contribution is 0.102. The molecule has 1 amide bonds. The van der Waals surface area contributed by atoms with E-state index in [0.29, 0.717) is 45.4 Å². The highest BCUT2D eigenvalue weighted by Crippen LogP contribution is 2.42. The first kappa shape index (κ1) is 27.0. The minimum Gasteiger partial charge on any atom is -0.491 e. The number of benzene rings is 1. The zero-order valence-electron chi connectivity index (χ0n) is 23.3. The number of nitrogens with one attached hydrogen (secondary N) is 2. The number of carbonyl (C=O) groups excluding carboxylic acids is 1. The van der Waals surface area contributed by atoms with Gasteiger partial charge in [-0.1, -0.05) is 0 Å². The Morgan fingerprint density at radius 3 is 2.55 bits per heavy atom. The zero-order chi connectivity index (χ0) is 29.5. The van der Waals surface area contributed by atoms with Crippen molar-refractivity contribution in [2.45, 2.75) is 32.6 Å². The standard InChI is InChI=1S/C31H27FN4O6/c1-15-26(23-10-9-21(41-23)17-5-6-17)29(37)27(16(2)34-15)30(38)35-18-7-8-22(19(32)13-18)42-24-11-12-33-20-14-25(39-3)31(40-4)36-28(20)24/h7-14,17H,5-6H2,1-4H3,(H,34,37)(H,35,38). The molecule has 1 aliphatic rings. The summed E-state index contributed by atoms with van der Waals surface area (Å²) in [5.41, 5.74) is 1.67. The molecule has 1 saturated carbocycles.